The Bertz CT molecular complexity index is 416. The van der Waals surface area contributed by atoms with Crippen LogP contribution in [-0.2, 0) is 11.3 Å². The van der Waals surface area contributed by atoms with Crippen LogP contribution in [-0.4, -0.2) is 32.0 Å². The van der Waals surface area contributed by atoms with E-state index in [2.05, 4.69) is 5.32 Å². The minimum atomic E-state index is -4.16. The highest BCUT2D eigenvalue weighted by atomic mass is 19.4. The van der Waals surface area contributed by atoms with Gasteiger partial charge in [0, 0.05) is 12.6 Å². The maximum Gasteiger partial charge on any atom is 0.391 e. The summed E-state index contributed by atoms with van der Waals surface area (Å²) in [6.07, 6.45) is -2.56. The number of ether oxygens (including phenoxy) is 2. The second-order valence-corrected chi connectivity index (χ2v) is 5.13. The molecule has 1 aliphatic rings. The van der Waals surface area contributed by atoms with Crippen LogP contribution in [0.15, 0.2) is 24.3 Å². The van der Waals surface area contributed by atoms with Gasteiger partial charge in [-0.25, -0.2) is 0 Å². The second kappa shape index (κ2) is 7.66. The molecule has 0 atom stereocenters. The number of hydrogen-bond donors (Lipinski definition) is 1. The molecule has 0 spiro atoms. The van der Waals surface area contributed by atoms with Gasteiger partial charge in [-0.3, -0.25) is 0 Å². The Labute approximate surface area is 122 Å². The van der Waals surface area contributed by atoms with Crippen molar-refractivity contribution in [2.24, 2.45) is 0 Å². The average Bonchev–Trinajstić information content (AvgIpc) is 3.25. The first-order chi connectivity index (χ1) is 10.0. The lowest BCUT2D eigenvalue weighted by atomic mass is 10.2. The van der Waals surface area contributed by atoms with Crippen LogP contribution in [0.1, 0.15) is 24.8 Å². The van der Waals surface area contributed by atoms with Crippen molar-refractivity contribution < 1.29 is 22.6 Å². The summed E-state index contributed by atoms with van der Waals surface area (Å²) in [6.45, 7) is 0.933. The van der Waals surface area contributed by atoms with E-state index in [0.717, 1.165) is 6.54 Å². The third kappa shape index (κ3) is 7.34. The van der Waals surface area contributed by atoms with Crippen LogP contribution in [0.3, 0.4) is 0 Å². The molecule has 0 heterocycles. The van der Waals surface area contributed by atoms with Crippen LogP contribution in [0.4, 0.5) is 13.2 Å². The van der Waals surface area contributed by atoms with Crippen LogP contribution in [0.2, 0.25) is 0 Å². The van der Waals surface area contributed by atoms with Gasteiger partial charge in [-0.15, -0.1) is 0 Å². The molecule has 1 N–H and O–H groups in total. The Morgan fingerprint density at radius 3 is 2.38 bits per heavy atom. The zero-order valence-electron chi connectivity index (χ0n) is 11.8. The first kappa shape index (κ1) is 16.1. The van der Waals surface area contributed by atoms with Gasteiger partial charge in [-0.1, -0.05) is 12.1 Å². The lowest BCUT2D eigenvalue weighted by Crippen LogP contribution is -2.15. The largest absolute Gasteiger partial charge is 0.491 e. The van der Waals surface area contributed by atoms with Crippen molar-refractivity contribution in [3.8, 4) is 5.75 Å². The minimum absolute atomic E-state index is 0.154. The molecule has 0 saturated heterocycles. The number of halogens is 3. The van der Waals surface area contributed by atoms with Gasteiger partial charge >= 0.3 is 6.18 Å². The Balaban J connectivity index is 1.55. The molecule has 0 radical (unpaired) electrons. The molecular formula is C15H20F3NO2. The summed E-state index contributed by atoms with van der Waals surface area (Å²) in [6, 6.07) is 8.36. The van der Waals surface area contributed by atoms with Crippen LogP contribution >= 0.6 is 0 Å². The van der Waals surface area contributed by atoms with Crippen LogP contribution < -0.4 is 10.1 Å². The highest BCUT2D eigenvalue weighted by Crippen LogP contribution is 2.20. The SMILES string of the molecule is FC(F)(F)CCOCCOc1ccc(CNC2CC2)cc1. The Kier molecular flexibility index (Phi) is 5.87. The zero-order valence-corrected chi connectivity index (χ0v) is 11.8. The first-order valence-electron chi connectivity index (χ1n) is 7.12. The molecule has 2 rings (SSSR count). The topological polar surface area (TPSA) is 30.5 Å². The lowest BCUT2D eigenvalue weighted by Gasteiger charge is -2.09. The van der Waals surface area contributed by atoms with E-state index >= 15 is 0 Å². The fraction of sp³-hybridized carbons (Fsp3) is 0.600. The highest BCUT2D eigenvalue weighted by Gasteiger charge is 2.26. The molecule has 1 fully saturated rings. The summed E-state index contributed by atoms with van der Waals surface area (Å²) in [5.41, 5.74) is 1.19. The quantitative estimate of drug-likeness (QED) is 0.710. The van der Waals surface area contributed by atoms with Gasteiger partial charge in [-0.2, -0.15) is 13.2 Å². The fourth-order valence-corrected chi connectivity index (χ4v) is 1.76. The maximum atomic E-state index is 11.9. The summed E-state index contributed by atoms with van der Waals surface area (Å²) in [4.78, 5) is 0. The smallest absolute Gasteiger partial charge is 0.391 e. The van der Waals surface area contributed by atoms with E-state index in [-0.39, 0.29) is 19.8 Å². The molecule has 21 heavy (non-hydrogen) atoms. The third-order valence-corrected chi connectivity index (χ3v) is 3.12. The Morgan fingerprint density at radius 2 is 1.76 bits per heavy atom. The van der Waals surface area contributed by atoms with Crippen molar-refractivity contribution in [3.05, 3.63) is 29.8 Å². The molecule has 118 valence electrons. The van der Waals surface area contributed by atoms with E-state index < -0.39 is 12.6 Å². The number of rotatable bonds is 9. The number of nitrogens with one attached hydrogen (secondary N) is 1. The van der Waals surface area contributed by atoms with Crippen molar-refractivity contribution >= 4 is 0 Å². The van der Waals surface area contributed by atoms with Crippen molar-refractivity contribution in [3.63, 3.8) is 0 Å². The number of hydrogen-bond acceptors (Lipinski definition) is 3. The van der Waals surface area contributed by atoms with E-state index in [1.165, 1.54) is 18.4 Å². The van der Waals surface area contributed by atoms with Gasteiger partial charge in [0.1, 0.15) is 12.4 Å². The minimum Gasteiger partial charge on any atom is -0.491 e. The molecular weight excluding hydrogens is 283 g/mol. The van der Waals surface area contributed by atoms with Crippen LogP contribution in [0.25, 0.3) is 0 Å². The van der Waals surface area contributed by atoms with Gasteiger partial charge < -0.3 is 14.8 Å². The van der Waals surface area contributed by atoms with Gasteiger partial charge in [-0.05, 0) is 30.5 Å². The standard InChI is InChI=1S/C15H20F3NO2/c16-15(17,18)7-8-20-9-10-21-14-5-1-12(2-6-14)11-19-13-3-4-13/h1-2,5-6,13,19H,3-4,7-11H2. The molecule has 0 unspecified atom stereocenters. The van der Waals surface area contributed by atoms with Crippen molar-refractivity contribution in [2.75, 3.05) is 19.8 Å². The lowest BCUT2D eigenvalue weighted by molar-refractivity contribution is -0.145. The summed E-state index contributed by atoms with van der Waals surface area (Å²) >= 11 is 0. The van der Waals surface area contributed by atoms with Crippen molar-refractivity contribution in [2.45, 2.75) is 38.0 Å². The monoisotopic (exact) mass is 303 g/mol. The molecule has 1 aliphatic carbocycles. The van der Waals surface area contributed by atoms with Crippen LogP contribution in [0, 0.1) is 0 Å². The summed E-state index contributed by atoms with van der Waals surface area (Å²) < 4.78 is 45.9. The fourth-order valence-electron chi connectivity index (χ4n) is 1.76. The van der Waals surface area contributed by atoms with E-state index in [1.54, 1.807) is 0 Å². The maximum absolute atomic E-state index is 11.9. The molecule has 1 aromatic carbocycles. The highest BCUT2D eigenvalue weighted by molar-refractivity contribution is 5.27. The molecule has 6 heteroatoms. The third-order valence-electron chi connectivity index (χ3n) is 3.12. The van der Waals surface area contributed by atoms with E-state index in [0.29, 0.717) is 11.8 Å². The molecule has 0 aromatic heterocycles. The Morgan fingerprint density at radius 1 is 1.05 bits per heavy atom. The summed E-state index contributed by atoms with van der Waals surface area (Å²) in [5, 5.41) is 3.42. The van der Waals surface area contributed by atoms with E-state index in [1.807, 2.05) is 24.3 Å². The van der Waals surface area contributed by atoms with Gasteiger partial charge in [0.15, 0.2) is 0 Å². The average molecular weight is 303 g/mol. The van der Waals surface area contributed by atoms with E-state index in [9.17, 15) is 13.2 Å². The molecule has 1 saturated carbocycles. The van der Waals surface area contributed by atoms with Gasteiger partial charge in [0.25, 0.3) is 0 Å². The molecule has 0 aliphatic heterocycles. The van der Waals surface area contributed by atoms with Crippen molar-refractivity contribution in [1.82, 2.24) is 5.32 Å². The predicted octanol–water partition coefficient (Wildman–Crippen LogP) is 3.29. The molecule has 1 aromatic rings. The molecule has 0 bridgehead atoms. The number of benzene rings is 1. The van der Waals surface area contributed by atoms with Crippen LogP contribution in [0.5, 0.6) is 5.75 Å². The number of alkyl halides is 3. The molecule has 3 nitrogen and oxygen atoms in total. The normalized spacial score (nSPS) is 15.2. The first-order valence-corrected chi connectivity index (χ1v) is 7.12. The van der Waals surface area contributed by atoms with Crippen molar-refractivity contribution in [1.29, 1.82) is 0 Å². The summed E-state index contributed by atoms with van der Waals surface area (Å²) in [5.74, 6) is 0.699. The second-order valence-electron chi connectivity index (χ2n) is 5.13. The summed E-state index contributed by atoms with van der Waals surface area (Å²) in [7, 11) is 0. The Hall–Kier alpha value is -1.27. The van der Waals surface area contributed by atoms with Gasteiger partial charge in [0.2, 0.25) is 0 Å². The van der Waals surface area contributed by atoms with Gasteiger partial charge in [0.05, 0.1) is 19.6 Å². The zero-order chi connectivity index (χ0) is 15.1. The molecule has 0 amide bonds. The van der Waals surface area contributed by atoms with E-state index in [4.69, 9.17) is 9.47 Å². The predicted molar refractivity (Wildman–Crippen MR) is 73.3 cm³/mol.